The van der Waals surface area contributed by atoms with Crippen LogP contribution in [-0.4, -0.2) is 74.7 Å². The number of hydrogen-bond acceptors (Lipinski definition) is 6. The number of aromatic nitrogens is 1. The number of piperidine rings is 1. The minimum absolute atomic E-state index is 0.131. The minimum atomic E-state index is -0.315. The highest BCUT2D eigenvalue weighted by molar-refractivity contribution is 8.14. The summed E-state index contributed by atoms with van der Waals surface area (Å²) in [5.41, 5.74) is 1.20. The summed E-state index contributed by atoms with van der Waals surface area (Å²) < 4.78 is 0. The number of pyridine rings is 1. The van der Waals surface area contributed by atoms with E-state index in [-0.39, 0.29) is 35.4 Å². The standard InChI is InChI=1S/C18H24N4O3S/c1-2-20(10-14-5-7-19-8-6-14)15-4-3-9-21(11-15)16(23)12-22-17(24)13-26-18(22)25/h5-8,15H,2-4,9-13H2,1H3. The van der Waals surface area contributed by atoms with Crippen LogP contribution in [-0.2, 0) is 16.1 Å². The molecule has 0 saturated carbocycles. The van der Waals surface area contributed by atoms with Crippen molar-refractivity contribution in [3.05, 3.63) is 30.1 Å². The highest BCUT2D eigenvalue weighted by Gasteiger charge is 2.34. The summed E-state index contributed by atoms with van der Waals surface area (Å²) in [6, 6.07) is 4.30. The third-order valence-corrected chi connectivity index (χ3v) is 5.80. The molecule has 2 saturated heterocycles. The van der Waals surface area contributed by atoms with Gasteiger partial charge in [0.15, 0.2) is 0 Å². The zero-order chi connectivity index (χ0) is 18.5. The molecule has 1 aromatic rings. The van der Waals surface area contributed by atoms with Crippen molar-refractivity contribution >= 4 is 28.8 Å². The summed E-state index contributed by atoms with van der Waals surface area (Å²) in [4.78, 5) is 45.3. The van der Waals surface area contributed by atoms with Gasteiger partial charge in [-0.05, 0) is 37.1 Å². The molecule has 0 bridgehead atoms. The summed E-state index contributed by atoms with van der Waals surface area (Å²) in [6.45, 7) is 5.04. The topological polar surface area (TPSA) is 73.8 Å². The number of likely N-dealkylation sites (N-methyl/N-ethyl adjacent to an activating group) is 1. The van der Waals surface area contributed by atoms with Gasteiger partial charge in [-0.25, -0.2) is 0 Å². The maximum absolute atomic E-state index is 12.6. The maximum atomic E-state index is 12.6. The van der Waals surface area contributed by atoms with Gasteiger partial charge in [0.25, 0.3) is 5.24 Å². The smallest absolute Gasteiger partial charge is 0.289 e. The fraction of sp³-hybridized carbons (Fsp3) is 0.556. The van der Waals surface area contributed by atoms with Crippen LogP contribution >= 0.6 is 11.8 Å². The Morgan fingerprint density at radius 1 is 1.35 bits per heavy atom. The second-order valence-electron chi connectivity index (χ2n) is 6.59. The van der Waals surface area contributed by atoms with Crippen LogP contribution in [0.1, 0.15) is 25.3 Å². The Morgan fingerprint density at radius 2 is 2.12 bits per heavy atom. The Labute approximate surface area is 157 Å². The first-order valence-electron chi connectivity index (χ1n) is 8.96. The lowest BCUT2D eigenvalue weighted by Crippen LogP contribution is -2.52. The van der Waals surface area contributed by atoms with Crippen molar-refractivity contribution < 1.29 is 14.4 Å². The van der Waals surface area contributed by atoms with Crippen molar-refractivity contribution in [2.24, 2.45) is 0 Å². The van der Waals surface area contributed by atoms with E-state index in [1.807, 2.05) is 12.1 Å². The van der Waals surface area contributed by atoms with Crippen molar-refractivity contribution in [3.8, 4) is 0 Å². The predicted molar refractivity (Wildman–Crippen MR) is 99.5 cm³/mol. The molecule has 2 fully saturated rings. The van der Waals surface area contributed by atoms with Crippen molar-refractivity contribution in [2.45, 2.75) is 32.4 Å². The summed E-state index contributed by atoms with van der Waals surface area (Å²) in [5, 5.41) is -0.315. The molecule has 7 nitrogen and oxygen atoms in total. The molecule has 0 aliphatic carbocycles. The highest BCUT2D eigenvalue weighted by atomic mass is 32.2. The van der Waals surface area contributed by atoms with Gasteiger partial charge in [-0.3, -0.25) is 29.2 Å². The molecule has 3 rings (SSSR count). The van der Waals surface area contributed by atoms with Crippen LogP contribution in [0.15, 0.2) is 24.5 Å². The van der Waals surface area contributed by atoms with Gasteiger partial charge < -0.3 is 4.90 Å². The van der Waals surface area contributed by atoms with E-state index >= 15 is 0 Å². The molecule has 8 heteroatoms. The summed E-state index contributed by atoms with van der Waals surface area (Å²) in [7, 11) is 0. The summed E-state index contributed by atoms with van der Waals surface area (Å²) in [6.07, 6.45) is 5.56. The van der Waals surface area contributed by atoms with Gasteiger partial charge in [0.05, 0.1) is 5.75 Å². The van der Waals surface area contributed by atoms with Crippen LogP contribution in [0.3, 0.4) is 0 Å². The first-order valence-corrected chi connectivity index (χ1v) is 9.95. The molecule has 26 heavy (non-hydrogen) atoms. The zero-order valence-corrected chi connectivity index (χ0v) is 15.8. The number of carbonyl (C=O) groups is 3. The van der Waals surface area contributed by atoms with Gasteiger partial charge in [0.1, 0.15) is 6.54 Å². The third kappa shape index (κ3) is 4.42. The SMILES string of the molecule is CCN(Cc1ccncc1)C1CCCN(C(=O)CN2C(=O)CSC2=O)C1. The number of amides is 3. The number of rotatable bonds is 6. The normalized spacial score (nSPS) is 20.9. The van der Waals surface area contributed by atoms with Crippen LogP contribution in [0.25, 0.3) is 0 Å². The molecule has 0 spiro atoms. The molecule has 140 valence electrons. The van der Waals surface area contributed by atoms with Gasteiger partial charge in [0, 0.05) is 38.1 Å². The average molecular weight is 376 g/mol. The molecule has 3 heterocycles. The number of thioether (sulfide) groups is 1. The molecule has 0 radical (unpaired) electrons. The average Bonchev–Trinajstić information content (AvgIpc) is 2.99. The van der Waals surface area contributed by atoms with E-state index in [0.29, 0.717) is 13.1 Å². The number of hydrogen-bond donors (Lipinski definition) is 0. The molecule has 0 N–H and O–H groups in total. The molecule has 2 aliphatic heterocycles. The second kappa shape index (κ2) is 8.64. The van der Waals surface area contributed by atoms with E-state index < -0.39 is 0 Å². The Bertz CT molecular complexity index is 654. The molecule has 1 atom stereocenters. The lowest BCUT2D eigenvalue weighted by atomic mass is 10.0. The van der Waals surface area contributed by atoms with Crippen molar-refractivity contribution in [1.82, 2.24) is 19.7 Å². The quantitative estimate of drug-likeness (QED) is 0.751. The van der Waals surface area contributed by atoms with Gasteiger partial charge in [0.2, 0.25) is 11.8 Å². The number of likely N-dealkylation sites (tertiary alicyclic amines) is 1. The van der Waals surface area contributed by atoms with Gasteiger partial charge in [-0.2, -0.15) is 0 Å². The number of imide groups is 1. The van der Waals surface area contributed by atoms with E-state index in [2.05, 4.69) is 16.8 Å². The molecular formula is C18H24N4O3S. The summed E-state index contributed by atoms with van der Waals surface area (Å²) >= 11 is 0.966. The first-order chi connectivity index (χ1) is 12.6. The van der Waals surface area contributed by atoms with Crippen LogP contribution in [0.2, 0.25) is 0 Å². The van der Waals surface area contributed by atoms with Crippen molar-refractivity contribution in [2.75, 3.05) is 31.9 Å². The molecule has 2 aliphatic rings. The lowest BCUT2D eigenvalue weighted by molar-refractivity contribution is -0.138. The minimum Gasteiger partial charge on any atom is -0.340 e. The van der Waals surface area contributed by atoms with Crippen LogP contribution in [0.5, 0.6) is 0 Å². The third-order valence-electron chi connectivity index (χ3n) is 4.94. The largest absolute Gasteiger partial charge is 0.340 e. The zero-order valence-electron chi connectivity index (χ0n) is 15.0. The van der Waals surface area contributed by atoms with Crippen LogP contribution in [0.4, 0.5) is 4.79 Å². The van der Waals surface area contributed by atoms with E-state index in [1.54, 1.807) is 17.3 Å². The van der Waals surface area contributed by atoms with Crippen LogP contribution in [0, 0.1) is 0 Å². The highest BCUT2D eigenvalue weighted by Crippen LogP contribution is 2.21. The number of nitrogens with zero attached hydrogens (tertiary/aromatic N) is 4. The molecule has 0 aromatic carbocycles. The van der Waals surface area contributed by atoms with E-state index in [0.717, 1.165) is 42.6 Å². The van der Waals surface area contributed by atoms with Gasteiger partial charge in [-0.15, -0.1) is 0 Å². The molecule has 3 amide bonds. The Morgan fingerprint density at radius 3 is 2.77 bits per heavy atom. The maximum Gasteiger partial charge on any atom is 0.289 e. The van der Waals surface area contributed by atoms with Gasteiger partial charge >= 0.3 is 0 Å². The van der Waals surface area contributed by atoms with Gasteiger partial charge in [-0.1, -0.05) is 18.7 Å². The lowest BCUT2D eigenvalue weighted by Gasteiger charge is -2.39. The predicted octanol–water partition coefficient (Wildman–Crippen LogP) is 1.59. The molecule has 1 unspecified atom stereocenters. The van der Waals surface area contributed by atoms with E-state index in [9.17, 15) is 14.4 Å². The molecular weight excluding hydrogens is 352 g/mol. The number of carbonyl (C=O) groups excluding carboxylic acids is 3. The van der Waals surface area contributed by atoms with E-state index in [1.165, 1.54) is 5.56 Å². The fourth-order valence-corrected chi connectivity index (χ4v) is 4.20. The second-order valence-corrected chi connectivity index (χ2v) is 7.52. The first kappa shape index (κ1) is 18.8. The Hall–Kier alpha value is -1.93. The Kier molecular flexibility index (Phi) is 6.26. The monoisotopic (exact) mass is 376 g/mol. The Balaban J connectivity index is 1.59. The van der Waals surface area contributed by atoms with Crippen molar-refractivity contribution in [3.63, 3.8) is 0 Å². The van der Waals surface area contributed by atoms with Crippen LogP contribution < -0.4 is 0 Å². The fourth-order valence-electron chi connectivity index (χ4n) is 3.47. The summed E-state index contributed by atoms with van der Waals surface area (Å²) in [5.74, 6) is -0.266. The molecule has 1 aromatic heterocycles. The van der Waals surface area contributed by atoms with Crippen molar-refractivity contribution in [1.29, 1.82) is 0 Å². The van der Waals surface area contributed by atoms with E-state index in [4.69, 9.17) is 0 Å².